The van der Waals surface area contributed by atoms with Crippen molar-refractivity contribution in [1.29, 1.82) is 5.26 Å². The number of hydrogen-bond donors (Lipinski definition) is 2. The van der Waals surface area contributed by atoms with Gasteiger partial charge in [0.25, 0.3) is 5.91 Å². The second-order valence-corrected chi connectivity index (χ2v) is 2.45. The molecule has 1 aromatic rings. The van der Waals surface area contributed by atoms with Crippen molar-refractivity contribution in [2.45, 2.75) is 0 Å². The highest BCUT2D eigenvalue weighted by atomic mass is 16.5. The summed E-state index contributed by atoms with van der Waals surface area (Å²) in [5.74, 6) is -0.429. The number of nitrogens with one attached hydrogen (secondary N) is 1. The third kappa shape index (κ3) is 1.93. The molecule has 1 rings (SSSR count). The lowest BCUT2D eigenvalue weighted by Crippen LogP contribution is -2.16. The Morgan fingerprint density at radius 2 is 2.36 bits per heavy atom. The Bertz CT molecular complexity index is 396. The van der Waals surface area contributed by atoms with Crippen LogP contribution in [-0.4, -0.2) is 18.1 Å². The number of nitriles is 1. The van der Waals surface area contributed by atoms with Crippen LogP contribution < -0.4 is 10.1 Å². The van der Waals surface area contributed by atoms with Gasteiger partial charge in [0.2, 0.25) is 0 Å². The highest BCUT2D eigenvalue weighted by molar-refractivity contribution is 5.95. The van der Waals surface area contributed by atoms with Crippen LogP contribution in [0.3, 0.4) is 0 Å². The van der Waals surface area contributed by atoms with Gasteiger partial charge < -0.3 is 9.84 Å². The van der Waals surface area contributed by atoms with E-state index in [0.717, 1.165) is 0 Å². The van der Waals surface area contributed by atoms with Crippen LogP contribution in [0.1, 0.15) is 10.4 Å². The lowest BCUT2D eigenvalue weighted by Gasteiger charge is -2.04. The summed E-state index contributed by atoms with van der Waals surface area (Å²) in [5.41, 5.74) is 0.199. The maximum Gasteiger partial charge on any atom is 0.264 e. The molecule has 0 fully saturated rings. The van der Waals surface area contributed by atoms with Gasteiger partial charge in [0.05, 0.1) is 7.11 Å². The molecule has 0 aromatic heterocycles. The van der Waals surface area contributed by atoms with Crippen LogP contribution in [0.2, 0.25) is 0 Å². The molecule has 0 saturated carbocycles. The standard InChI is InChI=1S/C9H8N2O3/c1-14-8-3-2-6(4-7(8)12)9(13)11-5-10/h2-4,12H,1H3,(H,11,13). The Balaban J connectivity index is 2.98. The van der Waals surface area contributed by atoms with Gasteiger partial charge in [-0.05, 0) is 18.2 Å². The smallest absolute Gasteiger partial charge is 0.264 e. The minimum Gasteiger partial charge on any atom is -0.504 e. The van der Waals surface area contributed by atoms with Gasteiger partial charge in [0.15, 0.2) is 17.7 Å². The van der Waals surface area contributed by atoms with Gasteiger partial charge in [0.1, 0.15) is 0 Å². The second-order valence-electron chi connectivity index (χ2n) is 2.45. The van der Waals surface area contributed by atoms with E-state index in [4.69, 9.17) is 10.00 Å². The molecular weight excluding hydrogens is 184 g/mol. The summed E-state index contributed by atoms with van der Waals surface area (Å²) >= 11 is 0. The van der Waals surface area contributed by atoms with Gasteiger partial charge in [-0.25, -0.2) is 0 Å². The van der Waals surface area contributed by atoms with E-state index in [0.29, 0.717) is 0 Å². The summed E-state index contributed by atoms with van der Waals surface area (Å²) in [6.07, 6.45) is 1.50. The van der Waals surface area contributed by atoms with Crippen molar-refractivity contribution in [2.24, 2.45) is 0 Å². The zero-order chi connectivity index (χ0) is 10.6. The van der Waals surface area contributed by atoms with Gasteiger partial charge in [-0.15, -0.1) is 0 Å². The molecular formula is C9H8N2O3. The van der Waals surface area contributed by atoms with E-state index < -0.39 is 5.91 Å². The lowest BCUT2D eigenvalue weighted by molar-refractivity contribution is 0.0972. The molecule has 2 N–H and O–H groups in total. The van der Waals surface area contributed by atoms with Crippen molar-refractivity contribution >= 4 is 5.91 Å². The molecule has 1 aromatic carbocycles. The van der Waals surface area contributed by atoms with Crippen LogP contribution >= 0.6 is 0 Å². The van der Waals surface area contributed by atoms with Crippen LogP contribution in [0.4, 0.5) is 0 Å². The van der Waals surface area contributed by atoms with E-state index in [2.05, 4.69) is 0 Å². The van der Waals surface area contributed by atoms with Gasteiger partial charge >= 0.3 is 0 Å². The minimum atomic E-state index is -0.564. The number of aromatic hydroxyl groups is 1. The lowest BCUT2D eigenvalue weighted by atomic mass is 10.2. The van der Waals surface area contributed by atoms with Crippen molar-refractivity contribution in [3.63, 3.8) is 0 Å². The molecule has 0 aliphatic carbocycles. The van der Waals surface area contributed by atoms with E-state index in [1.54, 1.807) is 0 Å². The molecule has 0 saturated heterocycles. The van der Waals surface area contributed by atoms with Crippen molar-refractivity contribution in [3.05, 3.63) is 23.8 Å². The molecule has 0 radical (unpaired) electrons. The number of phenolic OH excluding ortho intramolecular Hbond substituents is 1. The molecule has 0 spiro atoms. The number of nitrogens with zero attached hydrogens (tertiary/aromatic N) is 1. The fourth-order valence-electron chi connectivity index (χ4n) is 0.954. The maximum atomic E-state index is 11.1. The molecule has 0 unspecified atom stereocenters. The average Bonchev–Trinajstić information content (AvgIpc) is 2.18. The number of phenols is 1. The first kappa shape index (κ1) is 9.86. The summed E-state index contributed by atoms with van der Waals surface area (Å²) in [6, 6.07) is 4.12. The zero-order valence-electron chi connectivity index (χ0n) is 7.44. The van der Waals surface area contributed by atoms with Crippen molar-refractivity contribution in [2.75, 3.05) is 7.11 Å². The molecule has 5 heteroatoms. The van der Waals surface area contributed by atoms with Crippen molar-refractivity contribution in [3.8, 4) is 17.7 Å². The summed E-state index contributed by atoms with van der Waals surface area (Å²) in [7, 11) is 1.41. The highest BCUT2D eigenvalue weighted by Crippen LogP contribution is 2.25. The van der Waals surface area contributed by atoms with E-state index >= 15 is 0 Å². The largest absolute Gasteiger partial charge is 0.504 e. The molecule has 0 bridgehead atoms. The predicted molar refractivity (Wildman–Crippen MR) is 47.7 cm³/mol. The Morgan fingerprint density at radius 1 is 1.64 bits per heavy atom. The first-order valence-corrected chi connectivity index (χ1v) is 3.75. The number of methoxy groups -OCH3 is 1. The molecule has 14 heavy (non-hydrogen) atoms. The molecule has 0 aliphatic rings. The summed E-state index contributed by atoms with van der Waals surface area (Å²) in [4.78, 5) is 11.1. The first-order valence-electron chi connectivity index (χ1n) is 3.75. The molecule has 1 amide bonds. The molecule has 0 heterocycles. The number of rotatable bonds is 2. The average molecular weight is 192 g/mol. The van der Waals surface area contributed by atoms with Gasteiger partial charge in [0, 0.05) is 5.56 Å². The fourth-order valence-corrected chi connectivity index (χ4v) is 0.954. The van der Waals surface area contributed by atoms with Crippen LogP contribution in [0.25, 0.3) is 0 Å². The molecule has 0 atom stereocenters. The topological polar surface area (TPSA) is 82.3 Å². The number of benzene rings is 1. The number of amides is 1. The molecule has 0 aliphatic heterocycles. The van der Waals surface area contributed by atoms with E-state index in [-0.39, 0.29) is 17.1 Å². The minimum absolute atomic E-state index is 0.141. The molecule has 72 valence electrons. The van der Waals surface area contributed by atoms with Crippen molar-refractivity contribution < 1.29 is 14.6 Å². The van der Waals surface area contributed by atoms with E-state index in [1.165, 1.54) is 31.5 Å². The van der Waals surface area contributed by atoms with E-state index in [9.17, 15) is 9.90 Å². The summed E-state index contributed by atoms with van der Waals surface area (Å²) in [5, 5.41) is 19.5. The maximum absolute atomic E-state index is 11.1. The van der Waals surface area contributed by atoms with Crippen LogP contribution in [-0.2, 0) is 0 Å². The van der Waals surface area contributed by atoms with Crippen LogP contribution in [0.5, 0.6) is 11.5 Å². The Labute approximate surface area is 80.5 Å². The Kier molecular flexibility index (Phi) is 2.92. The summed E-state index contributed by atoms with van der Waals surface area (Å²) in [6.45, 7) is 0. The quantitative estimate of drug-likeness (QED) is 0.531. The predicted octanol–water partition coefficient (Wildman–Crippen LogP) is 0.612. The Morgan fingerprint density at radius 3 is 2.86 bits per heavy atom. The van der Waals surface area contributed by atoms with Crippen LogP contribution in [0.15, 0.2) is 18.2 Å². The van der Waals surface area contributed by atoms with E-state index in [1.807, 2.05) is 5.32 Å². The second kappa shape index (κ2) is 4.14. The third-order valence-electron chi connectivity index (χ3n) is 1.61. The molecule has 5 nitrogen and oxygen atoms in total. The SMILES string of the molecule is COc1ccc(C(=O)NC#N)cc1O. The number of ether oxygens (including phenoxy) is 1. The van der Waals surface area contributed by atoms with Gasteiger partial charge in [-0.3, -0.25) is 10.1 Å². The van der Waals surface area contributed by atoms with Gasteiger partial charge in [-0.2, -0.15) is 5.26 Å². The summed E-state index contributed by atoms with van der Waals surface area (Å²) < 4.78 is 4.79. The number of hydrogen-bond acceptors (Lipinski definition) is 4. The van der Waals surface area contributed by atoms with Gasteiger partial charge in [-0.1, -0.05) is 0 Å². The highest BCUT2D eigenvalue weighted by Gasteiger charge is 2.08. The first-order chi connectivity index (χ1) is 6.69. The normalized spacial score (nSPS) is 8.86. The zero-order valence-corrected chi connectivity index (χ0v) is 7.44. The Hall–Kier alpha value is -2.22. The fraction of sp³-hybridized carbons (Fsp3) is 0.111. The number of carbonyl (C=O) groups excluding carboxylic acids is 1. The van der Waals surface area contributed by atoms with Crippen LogP contribution in [0, 0.1) is 11.5 Å². The monoisotopic (exact) mass is 192 g/mol. The third-order valence-corrected chi connectivity index (χ3v) is 1.61. The van der Waals surface area contributed by atoms with Crippen molar-refractivity contribution in [1.82, 2.24) is 5.32 Å². The number of carbonyl (C=O) groups is 1.